The lowest BCUT2D eigenvalue weighted by atomic mass is 10.1. The maximum Gasteiger partial charge on any atom is 0.144 e. The third-order valence-electron chi connectivity index (χ3n) is 10.7. The first kappa shape index (κ1) is 28.0. The Balaban J connectivity index is 1.27. The SMILES string of the molecule is Cn1c2ccccc2c2cc(-c3nccn3-c3c(-n4c5ccccc5c5ccccc54)cccc3-n3c4ccccc4c4ccccc43)ccc21. The predicted molar refractivity (Wildman–Crippen MR) is 212 cm³/mol. The molecule has 0 fully saturated rings. The van der Waals surface area contributed by atoms with Crippen LogP contribution in [0.3, 0.4) is 0 Å². The standard InChI is InChI=1S/C46H31N5/c1-48-37-18-7-2-17-35(37)36-29-30(25-26-38(36)48)46-47-27-28-49(46)45-43(50-39-19-8-3-13-31(39)32-14-4-9-20-40(32)50)23-12-24-44(45)51-41-21-10-5-15-33(41)34-16-6-11-22-42(34)51/h2-29H,1H3. The first-order valence-corrected chi connectivity index (χ1v) is 17.4. The Kier molecular flexibility index (Phi) is 5.81. The fourth-order valence-corrected chi connectivity index (χ4v) is 8.50. The zero-order valence-electron chi connectivity index (χ0n) is 27.9. The van der Waals surface area contributed by atoms with Crippen LogP contribution in [0.2, 0.25) is 0 Å². The van der Waals surface area contributed by atoms with Crippen molar-refractivity contribution in [2.75, 3.05) is 0 Å². The minimum absolute atomic E-state index is 0.889. The molecule has 11 aromatic rings. The van der Waals surface area contributed by atoms with Crippen molar-refractivity contribution in [2.24, 2.45) is 7.05 Å². The van der Waals surface area contributed by atoms with Gasteiger partial charge in [0.15, 0.2) is 0 Å². The van der Waals surface area contributed by atoms with Crippen molar-refractivity contribution in [3.8, 4) is 28.5 Å². The number of hydrogen-bond donors (Lipinski definition) is 0. The molecule has 0 saturated heterocycles. The van der Waals surface area contributed by atoms with Crippen LogP contribution >= 0.6 is 0 Å². The molecule has 11 rings (SSSR count). The third-order valence-corrected chi connectivity index (χ3v) is 10.7. The Morgan fingerprint density at radius 1 is 0.412 bits per heavy atom. The number of benzene rings is 7. The maximum absolute atomic E-state index is 5.09. The summed E-state index contributed by atoms with van der Waals surface area (Å²) in [6.45, 7) is 0. The van der Waals surface area contributed by atoms with Crippen molar-refractivity contribution in [2.45, 2.75) is 0 Å². The Morgan fingerprint density at radius 3 is 1.35 bits per heavy atom. The molecular formula is C46H31N5. The van der Waals surface area contributed by atoms with Crippen LogP contribution in [0.15, 0.2) is 170 Å². The summed E-state index contributed by atoms with van der Waals surface area (Å²) in [6.07, 6.45) is 4.05. The van der Waals surface area contributed by atoms with E-state index >= 15 is 0 Å². The van der Waals surface area contributed by atoms with Crippen LogP contribution in [0.5, 0.6) is 0 Å². The number of fused-ring (bicyclic) bond motifs is 9. The van der Waals surface area contributed by atoms with Crippen LogP contribution < -0.4 is 0 Å². The summed E-state index contributed by atoms with van der Waals surface area (Å²) in [5, 5.41) is 7.38. The lowest BCUT2D eigenvalue weighted by molar-refractivity contribution is 0.999. The largest absolute Gasteiger partial charge is 0.344 e. The van der Waals surface area contributed by atoms with Gasteiger partial charge in [-0.15, -0.1) is 0 Å². The first-order chi connectivity index (χ1) is 25.3. The molecule has 4 heterocycles. The topological polar surface area (TPSA) is 32.6 Å². The Hall–Kier alpha value is -6.85. The summed E-state index contributed by atoms with van der Waals surface area (Å²) in [7, 11) is 2.14. The number of aryl methyl sites for hydroxylation is 1. The van der Waals surface area contributed by atoms with Gasteiger partial charge in [0.1, 0.15) is 5.82 Å². The number of rotatable bonds is 4. The average molecular weight is 654 g/mol. The highest BCUT2D eigenvalue weighted by atomic mass is 15.1. The van der Waals surface area contributed by atoms with Crippen LogP contribution in [0.25, 0.3) is 93.9 Å². The van der Waals surface area contributed by atoms with Gasteiger partial charge in [-0.3, -0.25) is 4.57 Å². The maximum atomic E-state index is 5.09. The zero-order valence-corrected chi connectivity index (χ0v) is 27.9. The van der Waals surface area contributed by atoms with Crippen molar-refractivity contribution in [1.29, 1.82) is 0 Å². The summed E-state index contributed by atoms with van der Waals surface area (Å²) in [5.41, 5.74) is 11.4. The molecule has 0 aliphatic carbocycles. The number of nitrogens with zero attached hydrogens (tertiary/aromatic N) is 5. The van der Waals surface area contributed by atoms with Crippen LogP contribution in [0, 0.1) is 0 Å². The van der Waals surface area contributed by atoms with Gasteiger partial charge in [0.2, 0.25) is 0 Å². The molecular weight excluding hydrogens is 623 g/mol. The second kappa shape index (κ2) is 10.6. The number of para-hydroxylation sites is 6. The Bertz CT molecular complexity index is 2930. The Morgan fingerprint density at radius 2 is 0.843 bits per heavy atom. The van der Waals surface area contributed by atoms with E-state index in [1.54, 1.807) is 0 Å². The highest BCUT2D eigenvalue weighted by molar-refractivity contribution is 6.12. The lowest BCUT2D eigenvalue weighted by Gasteiger charge is -2.21. The molecule has 0 amide bonds. The normalized spacial score (nSPS) is 12.0. The molecule has 5 heteroatoms. The molecule has 51 heavy (non-hydrogen) atoms. The molecule has 7 aromatic carbocycles. The van der Waals surface area contributed by atoms with Gasteiger partial charge in [-0.1, -0.05) is 97.1 Å². The van der Waals surface area contributed by atoms with Crippen molar-refractivity contribution in [1.82, 2.24) is 23.3 Å². The van der Waals surface area contributed by atoms with Gasteiger partial charge in [-0.2, -0.15) is 0 Å². The summed E-state index contributed by atoms with van der Waals surface area (Å²) < 4.78 is 9.42. The molecule has 0 bridgehead atoms. The van der Waals surface area contributed by atoms with Gasteiger partial charge >= 0.3 is 0 Å². The monoisotopic (exact) mass is 653 g/mol. The van der Waals surface area contributed by atoms with Gasteiger partial charge in [0.05, 0.1) is 39.1 Å². The minimum Gasteiger partial charge on any atom is -0.344 e. The van der Waals surface area contributed by atoms with E-state index < -0.39 is 0 Å². The molecule has 5 nitrogen and oxygen atoms in total. The van der Waals surface area contributed by atoms with E-state index in [9.17, 15) is 0 Å². The quantitative estimate of drug-likeness (QED) is 0.186. The van der Waals surface area contributed by atoms with E-state index in [4.69, 9.17) is 4.98 Å². The van der Waals surface area contributed by atoms with Gasteiger partial charge in [0.25, 0.3) is 0 Å². The molecule has 0 atom stereocenters. The average Bonchev–Trinajstić information content (AvgIpc) is 3.95. The Labute approximate surface area is 293 Å². The van der Waals surface area contributed by atoms with Crippen LogP contribution in [-0.2, 0) is 7.05 Å². The molecule has 0 aliphatic heterocycles. The second-order valence-corrected chi connectivity index (χ2v) is 13.3. The lowest BCUT2D eigenvalue weighted by Crippen LogP contribution is -2.09. The fourth-order valence-electron chi connectivity index (χ4n) is 8.50. The summed E-state index contributed by atoms with van der Waals surface area (Å²) in [4.78, 5) is 5.09. The molecule has 0 spiro atoms. The second-order valence-electron chi connectivity index (χ2n) is 13.3. The van der Waals surface area contributed by atoms with Crippen molar-refractivity contribution < 1.29 is 0 Å². The molecule has 240 valence electrons. The van der Waals surface area contributed by atoms with Crippen molar-refractivity contribution in [3.63, 3.8) is 0 Å². The van der Waals surface area contributed by atoms with Gasteiger partial charge in [-0.25, -0.2) is 4.98 Å². The van der Waals surface area contributed by atoms with Crippen molar-refractivity contribution in [3.05, 3.63) is 170 Å². The molecule has 0 radical (unpaired) electrons. The highest BCUT2D eigenvalue weighted by Crippen LogP contribution is 2.41. The van der Waals surface area contributed by atoms with Gasteiger partial charge in [0, 0.05) is 68.4 Å². The molecule has 0 aliphatic rings. The number of imidazole rings is 1. The van der Waals surface area contributed by atoms with Gasteiger partial charge < -0.3 is 13.7 Å². The molecule has 0 saturated carbocycles. The van der Waals surface area contributed by atoms with E-state index in [0.29, 0.717) is 0 Å². The zero-order chi connectivity index (χ0) is 33.6. The van der Waals surface area contributed by atoms with E-state index in [1.807, 2.05) is 6.20 Å². The molecule has 4 aromatic heterocycles. The number of aromatic nitrogens is 5. The first-order valence-electron chi connectivity index (χ1n) is 17.4. The highest BCUT2D eigenvalue weighted by Gasteiger charge is 2.23. The van der Waals surface area contributed by atoms with E-state index in [-0.39, 0.29) is 0 Å². The number of hydrogen-bond acceptors (Lipinski definition) is 1. The third kappa shape index (κ3) is 3.88. The molecule has 0 N–H and O–H groups in total. The van der Waals surface area contributed by atoms with E-state index in [0.717, 1.165) is 50.5 Å². The summed E-state index contributed by atoms with van der Waals surface area (Å²) in [5.74, 6) is 0.889. The summed E-state index contributed by atoms with van der Waals surface area (Å²) >= 11 is 0. The minimum atomic E-state index is 0.889. The van der Waals surface area contributed by atoms with Crippen LogP contribution in [-0.4, -0.2) is 23.3 Å². The van der Waals surface area contributed by atoms with Crippen LogP contribution in [0.4, 0.5) is 0 Å². The van der Waals surface area contributed by atoms with Crippen molar-refractivity contribution >= 4 is 65.4 Å². The van der Waals surface area contributed by atoms with E-state index in [2.05, 4.69) is 189 Å². The summed E-state index contributed by atoms with van der Waals surface area (Å²) in [6, 6.07) is 57.0. The fraction of sp³-hybridized carbons (Fsp3) is 0.0217. The smallest absolute Gasteiger partial charge is 0.144 e. The predicted octanol–water partition coefficient (Wildman–Crippen LogP) is 11.4. The van der Waals surface area contributed by atoms with E-state index in [1.165, 1.54) is 43.4 Å². The van der Waals surface area contributed by atoms with Crippen LogP contribution in [0.1, 0.15) is 0 Å². The molecule has 0 unspecified atom stereocenters. The van der Waals surface area contributed by atoms with Gasteiger partial charge in [-0.05, 0) is 60.7 Å².